The zero-order valence-corrected chi connectivity index (χ0v) is 14.7. The van der Waals surface area contributed by atoms with E-state index in [1.54, 1.807) is 12.1 Å². The second kappa shape index (κ2) is 7.52. The summed E-state index contributed by atoms with van der Waals surface area (Å²) in [6, 6.07) is 8.03. The third kappa shape index (κ3) is 3.54. The number of piperidine rings is 1. The zero-order chi connectivity index (χ0) is 17.1. The molecule has 1 aliphatic heterocycles. The van der Waals surface area contributed by atoms with Crippen molar-refractivity contribution in [3.63, 3.8) is 0 Å². The van der Waals surface area contributed by atoms with E-state index < -0.39 is 0 Å². The average molecular weight is 341 g/mol. The van der Waals surface area contributed by atoms with Crippen molar-refractivity contribution in [2.45, 2.75) is 63.5 Å². The van der Waals surface area contributed by atoms with E-state index in [-0.39, 0.29) is 6.04 Å². The summed E-state index contributed by atoms with van der Waals surface area (Å²) in [6.07, 6.45) is 9.92. The Morgan fingerprint density at radius 1 is 0.920 bits per heavy atom. The van der Waals surface area contributed by atoms with Crippen LogP contribution in [0.2, 0.25) is 0 Å². The van der Waals surface area contributed by atoms with Gasteiger partial charge in [-0.2, -0.15) is 0 Å². The Bertz CT molecular complexity index is 671. The van der Waals surface area contributed by atoms with Crippen molar-refractivity contribution in [3.05, 3.63) is 35.7 Å². The van der Waals surface area contributed by atoms with Crippen LogP contribution in [0.15, 0.2) is 24.3 Å². The highest BCUT2D eigenvalue weighted by atomic mass is 16.3. The molecule has 2 heterocycles. The largest absolute Gasteiger partial charge is 0.508 e. The third-order valence-electron chi connectivity index (χ3n) is 5.65. The first-order valence-corrected chi connectivity index (χ1v) is 9.63. The lowest BCUT2D eigenvalue weighted by molar-refractivity contribution is 0.172. The van der Waals surface area contributed by atoms with Gasteiger partial charge in [-0.25, -0.2) is 4.68 Å². The molecular formula is C19H27N5O. The van der Waals surface area contributed by atoms with Crippen LogP contribution in [-0.4, -0.2) is 43.3 Å². The summed E-state index contributed by atoms with van der Waals surface area (Å²) in [6.45, 7) is 2.14. The van der Waals surface area contributed by atoms with Crippen molar-refractivity contribution in [2.75, 3.05) is 13.1 Å². The van der Waals surface area contributed by atoms with Crippen LogP contribution in [0.3, 0.4) is 0 Å². The molecule has 1 aromatic heterocycles. The summed E-state index contributed by atoms with van der Waals surface area (Å²) in [5.74, 6) is 1.26. The number of phenolic OH excluding ortho intramolecular Hbond substituents is 1. The summed E-state index contributed by atoms with van der Waals surface area (Å²) in [4.78, 5) is 2.50. The number of phenols is 1. The molecule has 25 heavy (non-hydrogen) atoms. The van der Waals surface area contributed by atoms with Gasteiger partial charge in [0.15, 0.2) is 5.82 Å². The summed E-state index contributed by atoms with van der Waals surface area (Å²) >= 11 is 0. The monoisotopic (exact) mass is 341 g/mol. The Labute approximate surface area is 148 Å². The molecule has 1 atom stereocenters. The fourth-order valence-corrected chi connectivity index (χ4v) is 4.32. The van der Waals surface area contributed by atoms with Crippen molar-refractivity contribution in [1.82, 2.24) is 25.1 Å². The Morgan fingerprint density at radius 2 is 1.60 bits per heavy atom. The number of rotatable bonds is 4. The highest BCUT2D eigenvalue weighted by Crippen LogP contribution is 2.34. The fraction of sp³-hybridized carbons (Fsp3) is 0.632. The zero-order valence-electron chi connectivity index (χ0n) is 14.7. The average Bonchev–Trinajstić information content (AvgIpc) is 3.14. The van der Waals surface area contributed by atoms with Gasteiger partial charge in [-0.05, 0) is 66.9 Å². The second-order valence-corrected chi connectivity index (χ2v) is 7.36. The summed E-state index contributed by atoms with van der Waals surface area (Å²) in [7, 11) is 0. The summed E-state index contributed by atoms with van der Waals surface area (Å²) in [5, 5.41) is 22.6. The molecule has 1 saturated heterocycles. The second-order valence-electron chi connectivity index (χ2n) is 7.36. The van der Waals surface area contributed by atoms with Crippen LogP contribution in [0.5, 0.6) is 5.75 Å². The van der Waals surface area contributed by atoms with E-state index in [0.29, 0.717) is 11.8 Å². The molecule has 2 aliphatic rings. The van der Waals surface area contributed by atoms with Gasteiger partial charge in [-0.1, -0.05) is 37.8 Å². The number of hydrogen-bond donors (Lipinski definition) is 1. The predicted octanol–water partition coefficient (Wildman–Crippen LogP) is 3.46. The molecule has 2 aromatic rings. The van der Waals surface area contributed by atoms with E-state index in [9.17, 15) is 5.11 Å². The van der Waals surface area contributed by atoms with Crippen LogP contribution in [-0.2, 0) is 0 Å². The van der Waals surface area contributed by atoms with Crippen LogP contribution in [0, 0.1) is 0 Å². The van der Waals surface area contributed by atoms with Gasteiger partial charge in [-0.3, -0.25) is 4.90 Å². The van der Waals surface area contributed by atoms with Gasteiger partial charge in [0, 0.05) is 0 Å². The normalized spacial score (nSPS) is 21.3. The first-order valence-electron chi connectivity index (χ1n) is 9.63. The molecule has 0 bridgehead atoms. The first kappa shape index (κ1) is 16.5. The lowest BCUT2D eigenvalue weighted by Gasteiger charge is -2.35. The number of benzene rings is 1. The predicted molar refractivity (Wildman–Crippen MR) is 95.3 cm³/mol. The quantitative estimate of drug-likeness (QED) is 0.922. The SMILES string of the molecule is Oc1ccc([C@H](c2nnnn2C2CCCCC2)N2CCCCC2)cc1. The van der Waals surface area contributed by atoms with Crippen LogP contribution in [0.1, 0.15) is 74.8 Å². The number of aromatic hydroxyl groups is 1. The lowest BCUT2D eigenvalue weighted by Crippen LogP contribution is -2.36. The molecule has 6 nitrogen and oxygen atoms in total. The molecule has 1 aromatic carbocycles. The van der Waals surface area contributed by atoms with Gasteiger partial charge in [0.2, 0.25) is 0 Å². The number of tetrazole rings is 1. The molecule has 0 amide bonds. The van der Waals surface area contributed by atoms with E-state index in [1.165, 1.54) is 51.4 Å². The van der Waals surface area contributed by atoms with Crippen LogP contribution in [0.25, 0.3) is 0 Å². The smallest absolute Gasteiger partial charge is 0.173 e. The molecule has 1 aliphatic carbocycles. The van der Waals surface area contributed by atoms with Crippen molar-refractivity contribution < 1.29 is 5.11 Å². The lowest BCUT2D eigenvalue weighted by atomic mass is 9.94. The van der Waals surface area contributed by atoms with Crippen molar-refractivity contribution in [2.24, 2.45) is 0 Å². The van der Waals surface area contributed by atoms with Gasteiger partial charge >= 0.3 is 0 Å². The Balaban J connectivity index is 1.70. The number of hydrogen-bond acceptors (Lipinski definition) is 5. The van der Waals surface area contributed by atoms with Gasteiger partial charge in [0.1, 0.15) is 5.75 Å². The molecule has 1 saturated carbocycles. The Hall–Kier alpha value is -1.95. The molecule has 0 spiro atoms. The molecule has 0 radical (unpaired) electrons. The van der Waals surface area contributed by atoms with Crippen LogP contribution < -0.4 is 0 Å². The highest BCUT2D eigenvalue weighted by molar-refractivity contribution is 5.31. The molecular weight excluding hydrogens is 314 g/mol. The molecule has 6 heteroatoms. The van der Waals surface area contributed by atoms with Gasteiger partial charge in [0.25, 0.3) is 0 Å². The maximum atomic E-state index is 9.68. The van der Waals surface area contributed by atoms with Crippen LogP contribution >= 0.6 is 0 Å². The topological polar surface area (TPSA) is 67.1 Å². The van der Waals surface area contributed by atoms with E-state index in [1.807, 2.05) is 12.1 Å². The van der Waals surface area contributed by atoms with Crippen molar-refractivity contribution >= 4 is 0 Å². The highest BCUT2D eigenvalue weighted by Gasteiger charge is 2.31. The van der Waals surface area contributed by atoms with Gasteiger partial charge in [0.05, 0.1) is 12.1 Å². The molecule has 134 valence electrons. The van der Waals surface area contributed by atoms with Gasteiger partial charge in [-0.15, -0.1) is 5.10 Å². The molecule has 4 rings (SSSR count). The van der Waals surface area contributed by atoms with E-state index >= 15 is 0 Å². The van der Waals surface area contributed by atoms with E-state index in [0.717, 1.165) is 24.5 Å². The van der Waals surface area contributed by atoms with E-state index in [4.69, 9.17) is 0 Å². The minimum atomic E-state index is 0.0674. The first-order chi connectivity index (χ1) is 12.3. The Kier molecular flexibility index (Phi) is 4.97. The summed E-state index contributed by atoms with van der Waals surface area (Å²) in [5.41, 5.74) is 1.16. The van der Waals surface area contributed by atoms with E-state index in [2.05, 4.69) is 25.1 Å². The molecule has 0 unspecified atom stereocenters. The summed E-state index contributed by atoms with van der Waals surface area (Å²) < 4.78 is 2.09. The molecule has 2 fully saturated rings. The minimum Gasteiger partial charge on any atom is -0.508 e. The molecule has 1 N–H and O–H groups in total. The van der Waals surface area contributed by atoms with Crippen molar-refractivity contribution in [3.8, 4) is 5.75 Å². The maximum absolute atomic E-state index is 9.68. The number of nitrogens with zero attached hydrogens (tertiary/aromatic N) is 5. The van der Waals surface area contributed by atoms with Crippen molar-refractivity contribution in [1.29, 1.82) is 0 Å². The number of aromatic nitrogens is 4. The minimum absolute atomic E-state index is 0.0674. The standard InChI is InChI=1S/C19H27N5O/c25-17-11-9-15(10-12-17)18(23-13-5-2-6-14-23)19-20-21-22-24(19)16-7-3-1-4-8-16/h9-12,16,18,25H,1-8,13-14H2/t18-/m1/s1. The fourth-order valence-electron chi connectivity index (χ4n) is 4.32. The number of likely N-dealkylation sites (tertiary alicyclic amines) is 1. The van der Waals surface area contributed by atoms with Crippen LogP contribution in [0.4, 0.5) is 0 Å². The third-order valence-corrected chi connectivity index (χ3v) is 5.65. The van der Waals surface area contributed by atoms with Gasteiger partial charge < -0.3 is 5.11 Å². The maximum Gasteiger partial charge on any atom is 0.173 e. The Morgan fingerprint density at radius 3 is 2.32 bits per heavy atom.